The lowest BCUT2D eigenvalue weighted by Gasteiger charge is -2.35. The van der Waals surface area contributed by atoms with Gasteiger partial charge in [-0.3, -0.25) is 0 Å². The number of rotatable bonds is 5. The Balaban J connectivity index is 1.54. The molecule has 0 bridgehead atoms. The Hall–Kier alpha value is -2.65. The normalized spacial score (nSPS) is 15.9. The second-order valence-corrected chi connectivity index (χ2v) is 8.82. The molecule has 2 heterocycles. The SMILES string of the molecule is O=S(=O)(Cc1ccccc1)N1CCN(c2nc(C(F)F)nc3ccccc23)CC1. The third-order valence-electron chi connectivity index (χ3n) is 4.92. The summed E-state index contributed by atoms with van der Waals surface area (Å²) in [6, 6.07) is 16.0. The van der Waals surface area contributed by atoms with E-state index < -0.39 is 22.3 Å². The van der Waals surface area contributed by atoms with Crippen molar-refractivity contribution in [3.05, 3.63) is 66.0 Å². The van der Waals surface area contributed by atoms with Gasteiger partial charge in [0.15, 0.2) is 5.82 Å². The molecule has 2 aromatic carbocycles. The molecular weight excluding hydrogens is 398 g/mol. The molecule has 9 heteroatoms. The fraction of sp³-hybridized carbons (Fsp3) is 0.300. The molecular formula is C20H20F2N4O2S. The molecule has 1 fully saturated rings. The molecule has 1 aromatic heterocycles. The number of aromatic nitrogens is 2. The van der Waals surface area contributed by atoms with Crippen molar-refractivity contribution in [2.75, 3.05) is 31.1 Å². The van der Waals surface area contributed by atoms with Crippen molar-refractivity contribution in [1.82, 2.24) is 14.3 Å². The number of hydrogen-bond acceptors (Lipinski definition) is 5. The Morgan fingerprint density at radius 2 is 1.55 bits per heavy atom. The first-order valence-electron chi connectivity index (χ1n) is 9.25. The Bertz CT molecular complexity index is 1100. The third kappa shape index (κ3) is 4.20. The van der Waals surface area contributed by atoms with E-state index in [1.54, 1.807) is 36.4 Å². The van der Waals surface area contributed by atoms with Crippen LogP contribution in [0.4, 0.5) is 14.6 Å². The maximum absolute atomic E-state index is 13.2. The summed E-state index contributed by atoms with van der Waals surface area (Å²) >= 11 is 0. The van der Waals surface area contributed by atoms with E-state index in [4.69, 9.17) is 0 Å². The van der Waals surface area contributed by atoms with Crippen LogP contribution in [0.2, 0.25) is 0 Å². The summed E-state index contributed by atoms with van der Waals surface area (Å²) < 4.78 is 53.4. The minimum atomic E-state index is -3.45. The molecule has 0 saturated carbocycles. The van der Waals surface area contributed by atoms with E-state index in [1.807, 2.05) is 23.1 Å². The monoisotopic (exact) mass is 418 g/mol. The van der Waals surface area contributed by atoms with Gasteiger partial charge in [-0.15, -0.1) is 0 Å². The molecule has 0 N–H and O–H groups in total. The minimum Gasteiger partial charge on any atom is -0.353 e. The molecule has 4 rings (SSSR count). The van der Waals surface area contributed by atoms with Gasteiger partial charge in [0.1, 0.15) is 5.82 Å². The van der Waals surface area contributed by atoms with E-state index in [1.165, 1.54) is 4.31 Å². The minimum absolute atomic E-state index is 0.0557. The summed E-state index contributed by atoms with van der Waals surface area (Å²) in [5.74, 6) is -0.149. The molecule has 29 heavy (non-hydrogen) atoms. The van der Waals surface area contributed by atoms with Gasteiger partial charge < -0.3 is 4.90 Å². The number of hydrogen-bond donors (Lipinski definition) is 0. The van der Waals surface area contributed by atoms with Gasteiger partial charge in [-0.1, -0.05) is 42.5 Å². The first kappa shape index (κ1) is 19.7. The van der Waals surface area contributed by atoms with Crippen molar-refractivity contribution < 1.29 is 17.2 Å². The summed E-state index contributed by atoms with van der Waals surface area (Å²) in [5.41, 5.74) is 1.19. The van der Waals surface area contributed by atoms with Crippen LogP contribution in [-0.4, -0.2) is 48.9 Å². The molecule has 152 valence electrons. The first-order valence-corrected chi connectivity index (χ1v) is 10.9. The van der Waals surface area contributed by atoms with Crippen LogP contribution in [0.25, 0.3) is 10.9 Å². The van der Waals surface area contributed by atoms with Crippen LogP contribution in [0.15, 0.2) is 54.6 Å². The number of nitrogens with zero attached hydrogens (tertiary/aromatic N) is 4. The lowest BCUT2D eigenvalue weighted by Crippen LogP contribution is -2.49. The summed E-state index contributed by atoms with van der Waals surface area (Å²) in [6.07, 6.45) is -2.77. The fourth-order valence-corrected chi connectivity index (χ4v) is 4.99. The smallest absolute Gasteiger partial charge is 0.297 e. The van der Waals surface area contributed by atoms with Crippen LogP contribution >= 0.6 is 0 Å². The van der Waals surface area contributed by atoms with Gasteiger partial charge >= 0.3 is 0 Å². The van der Waals surface area contributed by atoms with Gasteiger partial charge in [0.05, 0.1) is 11.3 Å². The zero-order chi connectivity index (χ0) is 20.4. The molecule has 0 spiro atoms. The van der Waals surface area contributed by atoms with E-state index in [9.17, 15) is 17.2 Å². The number of anilines is 1. The summed E-state index contributed by atoms with van der Waals surface area (Å²) in [6.45, 7) is 1.30. The van der Waals surface area contributed by atoms with Crippen molar-refractivity contribution >= 4 is 26.7 Å². The van der Waals surface area contributed by atoms with E-state index in [0.29, 0.717) is 29.8 Å². The van der Waals surface area contributed by atoms with Crippen molar-refractivity contribution in [2.24, 2.45) is 0 Å². The fourth-order valence-electron chi connectivity index (χ4n) is 3.47. The highest BCUT2D eigenvalue weighted by Crippen LogP contribution is 2.28. The molecule has 1 aliphatic rings. The molecule has 0 unspecified atom stereocenters. The molecule has 0 atom stereocenters. The molecule has 6 nitrogen and oxygen atoms in total. The Labute approximate surface area is 167 Å². The van der Waals surface area contributed by atoms with Crippen LogP contribution < -0.4 is 4.90 Å². The van der Waals surface area contributed by atoms with Crippen LogP contribution in [-0.2, 0) is 15.8 Å². The lowest BCUT2D eigenvalue weighted by atomic mass is 10.2. The molecule has 1 aliphatic heterocycles. The zero-order valence-electron chi connectivity index (χ0n) is 15.6. The van der Waals surface area contributed by atoms with Crippen LogP contribution in [0.5, 0.6) is 0 Å². The molecule has 0 radical (unpaired) electrons. The molecule has 1 saturated heterocycles. The highest BCUT2D eigenvalue weighted by Gasteiger charge is 2.29. The van der Waals surface area contributed by atoms with E-state index in [-0.39, 0.29) is 18.8 Å². The average molecular weight is 418 g/mol. The molecule has 0 amide bonds. The highest BCUT2D eigenvalue weighted by atomic mass is 32.2. The van der Waals surface area contributed by atoms with Gasteiger partial charge in [0.2, 0.25) is 10.0 Å². The van der Waals surface area contributed by atoms with Crippen molar-refractivity contribution in [2.45, 2.75) is 12.2 Å². The Morgan fingerprint density at radius 1 is 0.897 bits per heavy atom. The summed E-state index contributed by atoms with van der Waals surface area (Å²) in [4.78, 5) is 9.86. The number of benzene rings is 2. The molecule has 3 aromatic rings. The topological polar surface area (TPSA) is 66.4 Å². The predicted octanol–water partition coefficient (Wildman–Crippen LogP) is 3.22. The number of sulfonamides is 1. The number of halogens is 2. The number of alkyl halides is 2. The maximum Gasteiger partial charge on any atom is 0.297 e. The maximum atomic E-state index is 13.2. The van der Waals surface area contributed by atoms with Gasteiger partial charge in [-0.2, -0.15) is 4.31 Å². The van der Waals surface area contributed by atoms with E-state index in [2.05, 4.69) is 9.97 Å². The van der Waals surface area contributed by atoms with Crippen molar-refractivity contribution in [1.29, 1.82) is 0 Å². The Morgan fingerprint density at radius 3 is 2.24 bits per heavy atom. The summed E-state index contributed by atoms with van der Waals surface area (Å²) in [7, 11) is -3.45. The second-order valence-electron chi connectivity index (χ2n) is 6.85. The average Bonchev–Trinajstić information content (AvgIpc) is 2.73. The van der Waals surface area contributed by atoms with Gasteiger partial charge in [0.25, 0.3) is 6.43 Å². The third-order valence-corrected chi connectivity index (χ3v) is 6.77. The Kier molecular flexibility index (Phi) is 5.42. The first-order chi connectivity index (χ1) is 13.9. The van der Waals surface area contributed by atoms with Crippen LogP contribution in [0.3, 0.4) is 0 Å². The largest absolute Gasteiger partial charge is 0.353 e. The van der Waals surface area contributed by atoms with Gasteiger partial charge in [-0.05, 0) is 17.7 Å². The van der Waals surface area contributed by atoms with Crippen LogP contribution in [0, 0.1) is 0 Å². The van der Waals surface area contributed by atoms with Crippen molar-refractivity contribution in [3.8, 4) is 0 Å². The van der Waals surface area contributed by atoms with Gasteiger partial charge in [0, 0.05) is 31.6 Å². The standard InChI is InChI=1S/C20H20F2N4O2S/c21-18(22)19-23-17-9-5-4-8-16(17)20(24-19)25-10-12-26(13-11-25)29(27,28)14-15-6-2-1-3-7-15/h1-9,18H,10-14H2. The summed E-state index contributed by atoms with van der Waals surface area (Å²) in [5, 5.41) is 0.678. The van der Waals surface area contributed by atoms with E-state index in [0.717, 1.165) is 5.56 Å². The second kappa shape index (κ2) is 8.00. The number of fused-ring (bicyclic) bond motifs is 1. The van der Waals surface area contributed by atoms with Crippen molar-refractivity contribution in [3.63, 3.8) is 0 Å². The number of para-hydroxylation sites is 1. The zero-order valence-corrected chi connectivity index (χ0v) is 16.4. The van der Waals surface area contributed by atoms with Crippen LogP contribution in [0.1, 0.15) is 17.8 Å². The predicted molar refractivity (Wildman–Crippen MR) is 107 cm³/mol. The molecule has 0 aliphatic carbocycles. The number of piperazine rings is 1. The lowest BCUT2D eigenvalue weighted by molar-refractivity contribution is 0.141. The van der Waals surface area contributed by atoms with Gasteiger partial charge in [-0.25, -0.2) is 27.2 Å². The quantitative estimate of drug-likeness (QED) is 0.637. The highest BCUT2D eigenvalue weighted by molar-refractivity contribution is 7.88. The van der Waals surface area contributed by atoms with E-state index >= 15 is 0 Å².